The summed E-state index contributed by atoms with van der Waals surface area (Å²) in [6.07, 6.45) is 0. The predicted octanol–water partition coefficient (Wildman–Crippen LogP) is 3.73. The molecule has 0 radical (unpaired) electrons. The summed E-state index contributed by atoms with van der Waals surface area (Å²) in [7, 11) is 1.69. The standard InChI is InChI=1S/C20H17N3O3S/c1-12-18(27-20(21-12)13-7-4-3-5-8-13)19(25)22-14-9-6-10-15-17(14)26-11-16(24)23(15)2/h3-10H,11H2,1-2H3,(H,22,25). The van der Waals surface area contributed by atoms with Crippen molar-refractivity contribution in [3.05, 3.63) is 59.1 Å². The van der Waals surface area contributed by atoms with Gasteiger partial charge in [0.2, 0.25) is 0 Å². The number of aryl methyl sites for hydroxylation is 1. The van der Waals surface area contributed by atoms with Crippen LogP contribution in [0.5, 0.6) is 5.75 Å². The molecule has 0 fully saturated rings. The van der Waals surface area contributed by atoms with Crippen LogP contribution in [0.25, 0.3) is 10.6 Å². The molecule has 0 saturated heterocycles. The highest BCUT2D eigenvalue weighted by Gasteiger charge is 2.26. The number of para-hydroxylation sites is 1. The van der Waals surface area contributed by atoms with Gasteiger partial charge in [-0.15, -0.1) is 11.3 Å². The lowest BCUT2D eigenvalue weighted by atomic mass is 10.2. The SMILES string of the molecule is Cc1nc(-c2ccccc2)sc1C(=O)Nc1cccc2c1OCC(=O)N2C. The number of nitrogens with one attached hydrogen (secondary N) is 1. The van der Waals surface area contributed by atoms with Gasteiger partial charge in [0, 0.05) is 12.6 Å². The van der Waals surface area contributed by atoms with E-state index in [4.69, 9.17) is 4.74 Å². The first-order valence-corrected chi connectivity index (χ1v) is 9.23. The van der Waals surface area contributed by atoms with Crippen molar-refractivity contribution >= 4 is 34.5 Å². The van der Waals surface area contributed by atoms with Crippen molar-refractivity contribution < 1.29 is 14.3 Å². The van der Waals surface area contributed by atoms with Crippen molar-refractivity contribution in [3.63, 3.8) is 0 Å². The third-order valence-corrected chi connectivity index (χ3v) is 5.55. The van der Waals surface area contributed by atoms with E-state index < -0.39 is 0 Å². The van der Waals surface area contributed by atoms with Crippen LogP contribution in [0.15, 0.2) is 48.5 Å². The van der Waals surface area contributed by atoms with Crippen molar-refractivity contribution in [2.24, 2.45) is 0 Å². The Kier molecular flexibility index (Phi) is 4.37. The molecule has 0 saturated carbocycles. The Labute approximate surface area is 160 Å². The molecule has 136 valence electrons. The van der Waals surface area contributed by atoms with Crippen LogP contribution in [-0.2, 0) is 4.79 Å². The van der Waals surface area contributed by atoms with Gasteiger partial charge in [-0.3, -0.25) is 9.59 Å². The minimum absolute atomic E-state index is 0.0475. The summed E-state index contributed by atoms with van der Waals surface area (Å²) >= 11 is 1.35. The third kappa shape index (κ3) is 3.17. The fourth-order valence-corrected chi connectivity index (χ4v) is 3.86. The average molecular weight is 379 g/mol. The molecule has 0 unspecified atom stereocenters. The second kappa shape index (κ2) is 6.85. The number of hydrogen-bond donors (Lipinski definition) is 1. The molecular formula is C20H17N3O3S. The van der Waals surface area contributed by atoms with Crippen molar-refractivity contribution in [3.8, 4) is 16.3 Å². The van der Waals surface area contributed by atoms with E-state index in [2.05, 4.69) is 10.3 Å². The van der Waals surface area contributed by atoms with E-state index in [1.54, 1.807) is 25.2 Å². The Morgan fingerprint density at radius 1 is 1.19 bits per heavy atom. The molecule has 4 rings (SSSR count). The van der Waals surface area contributed by atoms with E-state index >= 15 is 0 Å². The second-order valence-electron chi connectivity index (χ2n) is 6.15. The molecule has 2 heterocycles. The number of hydrogen-bond acceptors (Lipinski definition) is 5. The number of thiazole rings is 1. The van der Waals surface area contributed by atoms with E-state index in [-0.39, 0.29) is 18.4 Å². The number of amides is 2. The number of fused-ring (bicyclic) bond motifs is 1. The summed E-state index contributed by atoms with van der Waals surface area (Å²) in [5, 5.41) is 3.70. The summed E-state index contributed by atoms with van der Waals surface area (Å²) in [6, 6.07) is 15.1. The quantitative estimate of drug-likeness (QED) is 0.753. The highest BCUT2D eigenvalue weighted by molar-refractivity contribution is 7.17. The molecule has 7 heteroatoms. The van der Waals surface area contributed by atoms with Gasteiger partial charge in [0.05, 0.1) is 17.1 Å². The number of benzene rings is 2. The van der Waals surface area contributed by atoms with Crippen molar-refractivity contribution in [2.45, 2.75) is 6.92 Å². The van der Waals surface area contributed by atoms with Gasteiger partial charge >= 0.3 is 0 Å². The Hall–Kier alpha value is -3.19. The maximum Gasteiger partial charge on any atom is 0.267 e. The zero-order chi connectivity index (χ0) is 19.0. The Morgan fingerprint density at radius 3 is 2.74 bits per heavy atom. The number of nitrogens with zero attached hydrogens (tertiary/aromatic N) is 2. The van der Waals surface area contributed by atoms with Crippen LogP contribution in [0.2, 0.25) is 0 Å². The zero-order valence-electron chi connectivity index (χ0n) is 14.9. The second-order valence-corrected chi connectivity index (χ2v) is 7.15. The Morgan fingerprint density at radius 2 is 1.96 bits per heavy atom. The van der Waals surface area contributed by atoms with Crippen LogP contribution in [0.4, 0.5) is 11.4 Å². The van der Waals surface area contributed by atoms with Crippen molar-refractivity contribution in [1.29, 1.82) is 0 Å². The van der Waals surface area contributed by atoms with E-state index in [9.17, 15) is 9.59 Å². The van der Waals surface area contributed by atoms with Crippen LogP contribution in [-0.4, -0.2) is 30.5 Å². The smallest absolute Gasteiger partial charge is 0.267 e. The third-order valence-electron chi connectivity index (χ3n) is 4.34. The molecule has 0 aliphatic carbocycles. The highest BCUT2D eigenvalue weighted by atomic mass is 32.1. The molecule has 2 amide bonds. The van der Waals surface area contributed by atoms with E-state index in [0.29, 0.717) is 27.7 Å². The van der Waals surface area contributed by atoms with Gasteiger partial charge in [-0.1, -0.05) is 36.4 Å². The maximum absolute atomic E-state index is 12.8. The molecule has 3 aromatic rings. The highest BCUT2D eigenvalue weighted by Crippen LogP contribution is 2.38. The Bertz CT molecular complexity index is 1030. The average Bonchev–Trinajstić information content (AvgIpc) is 3.08. The van der Waals surface area contributed by atoms with Crippen molar-refractivity contribution in [1.82, 2.24) is 4.98 Å². The van der Waals surface area contributed by atoms with E-state index in [1.165, 1.54) is 16.2 Å². The predicted molar refractivity (Wildman–Crippen MR) is 106 cm³/mol. The molecule has 6 nitrogen and oxygen atoms in total. The first-order chi connectivity index (χ1) is 13.0. The van der Waals surface area contributed by atoms with Gasteiger partial charge in [0.25, 0.3) is 11.8 Å². The molecule has 1 aromatic heterocycles. The summed E-state index contributed by atoms with van der Waals surface area (Å²) in [6.45, 7) is 1.77. The minimum Gasteiger partial charge on any atom is -0.479 e. The van der Waals surface area contributed by atoms with Crippen LogP contribution in [0.1, 0.15) is 15.4 Å². The van der Waals surface area contributed by atoms with Gasteiger partial charge in [-0.05, 0) is 19.1 Å². The number of rotatable bonds is 3. The van der Waals surface area contributed by atoms with E-state index in [1.807, 2.05) is 37.3 Å². The van der Waals surface area contributed by atoms with Crippen molar-refractivity contribution in [2.75, 3.05) is 23.9 Å². The van der Waals surface area contributed by atoms with Crippen LogP contribution in [0, 0.1) is 6.92 Å². The summed E-state index contributed by atoms with van der Waals surface area (Å²) in [5.41, 5.74) is 2.82. The van der Waals surface area contributed by atoms with E-state index in [0.717, 1.165) is 10.6 Å². The van der Waals surface area contributed by atoms with Crippen LogP contribution in [0.3, 0.4) is 0 Å². The molecule has 0 bridgehead atoms. The molecule has 2 aromatic carbocycles. The van der Waals surface area contributed by atoms with Gasteiger partial charge in [-0.2, -0.15) is 0 Å². The summed E-state index contributed by atoms with van der Waals surface area (Å²) in [5.74, 6) is 0.124. The number of carbonyl (C=O) groups is 2. The topological polar surface area (TPSA) is 71.5 Å². The lowest BCUT2D eigenvalue weighted by molar-refractivity contribution is -0.120. The molecule has 1 aliphatic heterocycles. The monoisotopic (exact) mass is 379 g/mol. The molecule has 0 spiro atoms. The lowest BCUT2D eigenvalue weighted by Crippen LogP contribution is -2.35. The normalized spacial score (nSPS) is 13.1. The van der Waals surface area contributed by atoms with Gasteiger partial charge in [0.1, 0.15) is 9.88 Å². The lowest BCUT2D eigenvalue weighted by Gasteiger charge is -2.27. The number of anilines is 2. The molecule has 1 N–H and O–H groups in total. The minimum atomic E-state index is -0.247. The number of aromatic nitrogens is 1. The van der Waals surface area contributed by atoms with Crippen LogP contribution >= 0.6 is 11.3 Å². The summed E-state index contributed by atoms with van der Waals surface area (Å²) < 4.78 is 5.56. The first kappa shape index (κ1) is 17.2. The largest absolute Gasteiger partial charge is 0.479 e. The maximum atomic E-state index is 12.8. The van der Waals surface area contributed by atoms with Gasteiger partial charge in [0.15, 0.2) is 12.4 Å². The first-order valence-electron chi connectivity index (χ1n) is 8.41. The molecule has 0 atom stereocenters. The molecule has 27 heavy (non-hydrogen) atoms. The fraction of sp³-hybridized carbons (Fsp3) is 0.150. The number of likely N-dealkylation sites (N-methyl/N-ethyl adjacent to an activating group) is 1. The molecular weight excluding hydrogens is 362 g/mol. The van der Waals surface area contributed by atoms with Gasteiger partial charge < -0.3 is 15.0 Å². The molecule has 1 aliphatic rings. The fourth-order valence-electron chi connectivity index (χ4n) is 2.89. The Balaban J connectivity index is 1.63. The number of ether oxygens (including phenoxy) is 1. The van der Waals surface area contributed by atoms with Gasteiger partial charge in [-0.25, -0.2) is 4.98 Å². The number of carbonyl (C=O) groups excluding carboxylic acids is 2. The van der Waals surface area contributed by atoms with Crippen LogP contribution < -0.4 is 15.0 Å². The summed E-state index contributed by atoms with van der Waals surface area (Å²) in [4.78, 5) is 31.2. The zero-order valence-corrected chi connectivity index (χ0v) is 15.7.